The molecule has 0 bridgehead atoms. The molecule has 0 unspecified atom stereocenters. The van der Waals surface area contributed by atoms with Crippen molar-refractivity contribution in [1.82, 2.24) is 0 Å². The molecule has 1 fully saturated rings. The second-order valence-electron chi connectivity index (χ2n) is 2.45. The summed E-state index contributed by atoms with van der Waals surface area (Å²) >= 11 is 0. The van der Waals surface area contributed by atoms with Gasteiger partial charge in [0.05, 0.1) is 0 Å². The van der Waals surface area contributed by atoms with Crippen molar-refractivity contribution in [3.8, 4) is 0 Å². The topological polar surface area (TPSA) is 17.1 Å². The molecule has 0 N–H and O–H groups in total. The molecule has 10 heavy (non-hydrogen) atoms. The number of Topliss-reactive ketones (excluding diaryl/α,β-unsaturated/α-hetero) is 1. The maximum absolute atomic E-state index is 10.7. The number of ketones is 1. The van der Waals surface area contributed by atoms with Crippen molar-refractivity contribution < 1.29 is 4.79 Å². The number of halogens is 2. The second-order valence-corrected chi connectivity index (χ2v) is 2.45. The van der Waals surface area contributed by atoms with Crippen LogP contribution in [-0.4, -0.2) is 5.78 Å². The van der Waals surface area contributed by atoms with Gasteiger partial charge in [-0.2, -0.15) is 0 Å². The molecule has 0 aromatic carbocycles. The molecule has 3 heteroatoms. The van der Waals surface area contributed by atoms with E-state index in [-0.39, 0.29) is 24.8 Å². The van der Waals surface area contributed by atoms with E-state index < -0.39 is 0 Å². The maximum atomic E-state index is 10.7. The molecule has 0 atom stereocenters. The van der Waals surface area contributed by atoms with Gasteiger partial charge in [-0.05, 0) is 12.8 Å². The first-order valence-corrected chi connectivity index (χ1v) is 3.41. The molecule has 0 aliphatic heterocycles. The highest BCUT2D eigenvalue weighted by Gasteiger charge is 2.04. The van der Waals surface area contributed by atoms with Crippen LogP contribution in [0, 0.1) is 0 Å². The van der Waals surface area contributed by atoms with Crippen molar-refractivity contribution in [2.24, 2.45) is 0 Å². The van der Waals surface area contributed by atoms with Crippen LogP contribution >= 0.6 is 24.8 Å². The fourth-order valence-electron chi connectivity index (χ4n) is 1.12. The lowest BCUT2D eigenvalue weighted by atomic mass is 10.2. The summed E-state index contributed by atoms with van der Waals surface area (Å²) in [6, 6.07) is 0. The molecule has 0 aromatic rings. The average Bonchev–Trinajstić information content (AvgIpc) is 1.94. The molecule has 62 valence electrons. The first-order chi connectivity index (χ1) is 3.89. The number of carbonyl (C=O) groups is 1. The van der Waals surface area contributed by atoms with Crippen molar-refractivity contribution >= 4 is 30.6 Å². The van der Waals surface area contributed by atoms with Crippen LogP contribution in [0.15, 0.2) is 0 Å². The molecule has 0 amide bonds. The molecule has 0 radical (unpaired) electrons. The van der Waals surface area contributed by atoms with Crippen LogP contribution < -0.4 is 0 Å². The minimum absolute atomic E-state index is 0. The van der Waals surface area contributed by atoms with Gasteiger partial charge < -0.3 is 0 Å². The molecule has 0 aromatic heterocycles. The molecule has 1 rings (SSSR count). The van der Waals surface area contributed by atoms with Crippen LogP contribution in [-0.2, 0) is 4.79 Å². The number of carbonyl (C=O) groups excluding carboxylic acids is 1. The van der Waals surface area contributed by atoms with E-state index in [0.717, 1.165) is 25.7 Å². The van der Waals surface area contributed by atoms with Crippen LogP contribution in [0.5, 0.6) is 0 Å². The van der Waals surface area contributed by atoms with Gasteiger partial charge in [0.25, 0.3) is 0 Å². The Morgan fingerprint density at radius 3 is 1.60 bits per heavy atom. The zero-order valence-electron chi connectivity index (χ0n) is 5.97. The highest BCUT2D eigenvalue weighted by Crippen LogP contribution is 2.12. The molecule has 1 saturated carbocycles. The highest BCUT2D eigenvalue weighted by molar-refractivity contribution is 5.85. The van der Waals surface area contributed by atoms with E-state index in [2.05, 4.69) is 0 Å². The summed E-state index contributed by atoms with van der Waals surface area (Å²) in [5.74, 6) is 0.475. The number of hydrogen-bond acceptors (Lipinski definition) is 1. The fourth-order valence-corrected chi connectivity index (χ4v) is 1.12. The summed E-state index contributed by atoms with van der Waals surface area (Å²) in [5, 5.41) is 0. The van der Waals surface area contributed by atoms with Gasteiger partial charge in [-0.1, -0.05) is 12.8 Å². The van der Waals surface area contributed by atoms with Crippen molar-refractivity contribution in [3.63, 3.8) is 0 Å². The lowest BCUT2D eigenvalue weighted by Crippen LogP contribution is -1.91. The molecule has 0 spiro atoms. The lowest BCUT2D eigenvalue weighted by molar-refractivity contribution is -0.118. The zero-order valence-corrected chi connectivity index (χ0v) is 7.60. The normalized spacial score (nSPS) is 18.2. The van der Waals surface area contributed by atoms with Gasteiger partial charge in [-0.3, -0.25) is 4.79 Å². The van der Waals surface area contributed by atoms with Crippen molar-refractivity contribution in [3.05, 3.63) is 0 Å². The van der Waals surface area contributed by atoms with Crippen LogP contribution in [0.25, 0.3) is 0 Å². The molecular formula is C7H14Cl2O. The van der Waals surface area contributed by atoms with Crippen LogP contribution in [0.3, 0.4) is 0 Å². The van der Waals surface area contributed by atoms with E-state index in [4.69, 9.17) is 0 Å². The van der Waals surface area contributed by atoms with E-state index in [0.29, 0.717) is 5.78 Å². The van der Waals surface area contributed by atoms with Gasteiger partial charge in [-0.15, -0.1) is 24.8 Å². The monoisotopic (exact) mass is 184 g/mol. The Morgan fingerprint density at radius 1 is 0.800 bits per heavy atom. The number of hydrogen-bond donors (Lipinski definition) is 0. The Hall–Kier alpha value is 0.250. The standard InChI is InChI=1S/C7H12O.2ClH/c8-7-5-3-1-2-4-6-7;;/h1-6H2;2*1H. The van der Waals surface area contributed by atoms with Crippen LogP contribution in [0.4, 0.5) is 0 Å². The predicted octanol–water partition coefficient (Wildman–Crippen LogP) is 2.75. The van der Waals surface area contributed by atoms with Crippen LogP contribution in [0.1, 0.15) is 38.5 Å². The summed E-state index contributed by atoms with van der Waals surface area (Å²) in [6.07, 6.45) is 6.51. The Kier molecular flexibility index (Phi) is 9.48. The van der Waals surface area contributed by atoms with Crippen molar-refractivity contribution in [2.45, 2.75) is 38.5 Å². The molecule has 1 aliphatic rings. The van der Waals surface area contributed by atoms with Crippen molar-refractivity contribution in [1.29, 1.82) is 0 Å². The molecule has 1 aliphatic carbocycles. The molecule has 0 saturated heterocycles. The summed E-state index contributed by atoms with van der Waals surface area (Å²) in [5.41, 5.74) is 0. The third-order valence-corrected chi connectivity index (χ3v) is 1.66. The van der Waals surface area contributed by atoms with E-state index in [1.54, 1.807) is 0 Å². The summed E-state index contributed by atoms with van der Waals surface area (Å²) in [6.45, 7) is 0. The van der Waals surface area contributed by atoms with Gasteiger partial charge in [0.15, 0.2) is 0 Å². The van der Waals surface area contributed by atoms with Crippen molar-refractivity contribution in [2.75, 3.05) is 0 Å². The summed E-state index contributed by atoms with van der Waals surface area (Å²) in [4.78, 5) is 10.7. The Bertz CT molecular complexity index is 83.6. The van der Waals surface area contributed by atoms with E-state index in [9.17, 15) is 4.79 Å². The van der Waals surface area contributed by atoms with Gasteiger partial charge >= 0.3 is 0 Å². The Morgan fingerprint density at radius 2 is 1.20 bits per heavy atom. The summed E-state index contributed by atoms with van der Waals surface area (Å²) in [7, 11) is 0. The average molecular weight is 185 g/mol. The SMILES string of the molecule is Cl.Cl.O=C1CCCCCC1. The van der Waals surface area contributed by atoms with Gasteiger partial charge in [0, 0.05) is 12.8 Å². The maximum Gasteiger partial charge on any atom is 0.132 e. The Labute approximate surface area is 74.4 Å². The van der Waals surface area contributed by atoms with Gasteiger partial charge in [0.1, 0.15) is 5.78 Å². The number of rotatable bonds is 0. The second kappa shape index (κ2) is 7.36. The molecular weight excluding hydrogens is 171 g/mol. The minimum atomic E-state index is 0. The molecule has 0 heterocycles. The van der Waals surface area contributed by atoms with E-state index in [1.165, 1.54) is 12.8 Å². The third kappa shape index (κ3) is 5.07. The minimum Gasteiger partial charge on any atom is -0.300 e. The zero-order chi connectivity index (χ0) is 5.82. The van der Waals surface area contributed by atoms with Crippen LogP contribution in [0.2, 0.25) is 0 Å². The molecule has 1 nitrogen and oxygen atoms in total. The Balaban J connectivity index is 0. The lowest BCUT2D eigenvalue weighted by Gasteiger charge is -1.87. The smallest absolute Gasteiger partial charge is 0.132 e. The van der Waals surface area contributed by atoms with Gasteiger partial charge in [-0.25, -0.2) is 0 Å². The summed E-state index contributed by atoms with van der Waals surface area (Å²) < 4.78 is 0. The fraction of sp³-hybridized carbons (Fsp3) is 0.857. The van der Waals surface area contributed by atoms with E-state index in [1.807, 2.05) is 0 Å². The predicted molar refractivity (Wildman–Crippen MR) is 47.2 cm³/mol. The third-order valence-electron chi connectivity index (χ3n) is 1.66. The quantitative estimate of drug-likeness (QED) is 0.530. The van der Waals surface area contributed by atoms with Gasteiger partial charge in [0.2, 0.25) is 0 Å². The first kappa shape index (κ1) is 12.9. The van der Waals surface area contributed by atoms with E-state index >= 15 is 0 Å². The highest BCUT2D eigenvalue weighted by atomic mass is 35.5. The first-order valence-electron chi connectivity index (χ1n) is 3.41. The largest absolute Gasteiger partial charge is 0.300 e.